The van der Waals surface area contributed by atoms with Gasteiger partial charge in [0.05, 0.1) is 5.02 Å². The molecule has 0 N–H and O–H groups in total. The van der Waals surface area contributed by atoms with Crippen molar-refractivity contribution in [2.24, 2.45) is 0 Å². The molecule has 1 fully saturated rings. The standard InChI is InChI=1S/C16H18ClN7O/c1-2-23-6-5-13(20-23)15(25)21-7-9-22(10-8-21)16-19-18-14-4-3-12(17)11-24(14)16/h3-6,11H,2,7-10H2,1H3. The number of amides is 1. The number of nitrogens with zero attached hydrogens (tertiary/aromatic N) is 7. The maximum atomic E-state index is 12.6. The molecule has 8 nitrogen and oxygen atoms in total. The van der Waals surface area contributed by atoms with Gasteiger partial charge in [-0.05, 0) is 25.1 Å². The van der Waals surface area contributed by atoms with Crippen LogP contribution in [0.25, 0.3) is 5.65 Å². The average molecular weight is 360 g/mol. The summed E-state index contributed by atoms with van der Waals surface area (Å²) in [6, 6.07) is 5.40. The number of hydrogen-bond acceptors (Lipinski definition) is 5. The molecular formula is C16H18ClN7O. The Morgan fingerprint density at radius 1 is 1.16 bits per heavy atom. The molecule has 1 aliphatic heterocycles. The van der Waals surface area contributed by atoms with E-state index in [1.807, 2.05) is 28.5 Å². The summed E-state index contributed by atoms with van der Waals surface area (Å²) in [6.07, 6.45) is 3.64. The van der Waals surface area contributed by atoms with Gasteiger partial charge in [-0.1, -0.05) is 11.6 Å². The Labute approximate surface area is 149 Å². The van der Waals surface area contributed by atoms with Gasteiger partial charge >= 0.3 is 0 Å². The van der Waals surface area contributed by atoms with E-state index in [0.717, 1.165) is 18.1 Å². The zero-order valence-electron chi connectivity index (χ0n) is 13.8. The van der Waals surface area contributed by atoms with E-state index in [1.54, 1.807) is 23.0 Å². The fraction of sp³-hybridized carbons (Fsp3) is 0.375. The van der Waals surface area contributed by atoms with Crippen LogP contribution in [0.2, 0.25) is 5.02 Å². The highest BCUT2D eigenvalue weighted by Crippen LogP contribution is 2.19. The van der Waals surface area contributed by atoms with Crippen LogP contribution in [0.3, 0.4) is 0 Å². The SMILES string of the molecule is CCn1ccc(C(=O)N2CCN(c3nnc4ccc(Cl)cn34)CC2)n1. The lowest BCUT2D eigenvalue weighted by molar-refractivity contribution is 0.0739. The van der Waals surface area contributed by atoms with Crippen molar-refractivity contribution in [2.75, 3.05) is 31.1 Å². The van der Waals surface area contributed by atoms with Gasteiger partial charge in [-0.3, -0.25) is 13.9 Å². The molecule has 0 radical (unpaired) electrons. The number of aryl methyl sites for hydroxylation is 1. The van der Waals surface area contributed by atoms with E-state index in [4.69, 9.17) is 11.6 Å². The lowest BCUT2D eigenvalue weighted by Crippen LogP contribution is -2.49. The molecule has 4 rings (SSSR count). The van der Waals surface area contributed by atoms with Crippen LogP contribution < -0.4 is 4.90 Å². The molecule has 130 valence electrons. The number of pyridine rings is 1. The molecule has 1 aliphatic rings. The van der Waals surface area contributed by atoms with E-state index in [-0.39, 0.29) is 5.91 Å². The third kappa shape index (κ3) is 2.93. The Morgan fingerprint density at radius 3 is 2.68 bits per heavy atom. The molecular weight excluding hydrogens is 342 g/mol. The second-order valence-corrected chi connectivity index (χ2v) is 6.35. The minimum absolute atomic E-state index is 0.0269. The first-order chi connectivity index (χ1) is 12.2. The van der Waals surface area contributed by atoms with Gasteiger partial charge in [0, 0.05) is 45.1 Å². The van der Waals surface area contributed by atoms with Crippen LogP contribution in [0, 0.1) is 0 Å². The van der Waals surface area contributed by atoms with E-state index >= 15 is 0 Å². The summed E-state index contributed by atoms with van der Waals surface area (Å²) >= 11 is 6.08. The Hall–Kier alpha value is -2.61. The van der Waals surface area contributed by atoms with Gasteiger partial charge in [0.1, 0.15) is 5.69 Å². The predicted molar refractivity (Wildman–Crippen MR) is 94.0 cm³/mol. The normalized spacial score (nSPS) is 15.1. The molecule has 0 atom stereocenters. The number of carbonyl (C=O) groups excluding carboxylic acids is 1. The monoisotopic (exact) mass is 359 g/mol. The first-order valence-corrected chi connectivity index (χ1v) is 8.61. The zero-order valence-corrected chi connectivity index (χ0v) is 14.6. The number of aromatic nitrogens is 5. The predicted octanol–water partition coefficient (Wildman–Crippen LogP) is 1.56. The second kappa shape index (κ2) is 6.36. The molecule has 1 amide bonds. The zero-order chi connectivity index (χ0) is 17.4. The first kappa shape index (κ1) is 15.9. The van der Waals surface area contributed by atoms with Crippen molar-refractivity contribution in [3.8, 4) is 0 Å². The maximum absolute atomic E-state index is 12.6. The van der Waals surface area contributed by atoms with E-state index in [0.29, 0.717) is 36.9 Å². The highest BCUT2D eigenvalue weighted by atomic mass is 35.5. The number of carbonyl (C=O) groups is 1. The summed E-state index contributed by atoms with van der Waals surface area (Å²) in [5, 5.41) is 13.4. The first-order valence-electron chi connectivity index (χ1n) is 8.23. The van der Waals surface area contributed by atoms with Crippen LogP contribution in [0.5, 0.6) is 0 Å². The van der Waals surface area contributed by atoms with Gasteiger partial charge in [-0.2, -0.15) is 5.10 Å². The molecule has 0 aliphatic carbocycles. The number of fused-ring (bicyclic) bond motifs is 1. The van der Waals surface area contributed by atoms with E-state index in [9.17, 15) is 4.79 Å². The molecule has 4 heterocycles. The summed E-state index contributed by atoms with van der Waals surface area (Å²) in [5.41, 5.74) is 1.25. The minimum Gasteiger partial charge on any atom is -0.337 e. The maximum Gasteiger partial charge on any atom is 0.274 e. The fourth-order valence-electron chi connectivity index (χ4n) is 2.99. The van der Waals surface area contributed by atoms with Crippen molar-refractivity contribution in [2.45, 2.75) is 13.5 Å². The van der Waals surface area contributed by atoms with Crippen LogP contribution >= 0.6 is 11.6 Å². The molecule has 1 saturated heterocycles. The van der Waals surface area contributed by atoms with Gasteiger partial charge in [0.25, 0.3) is 5.91 Å². The van der Waals surface area contributed by atoms with E-state index < -0.39 is 0 Å². The smallest absolute Gasteiger partial charge is 0.274 e. The number of rotatable bonds is 3. The number of hydrogen-bond donors (Lipinski definition) is 0. The highest BCUT2D eigenvalue weighted by Gasteiger charge is 2.25. The highest BCUT2D eigenvalue weighted by molar-refractivity contribution is 6.30. The number of piperazine rings is 1. The third-order valence-electron chi connectivity index (χ3n) is 4.38. The Kier molecular flexibility index (Phi) is 4.04. The molecule has 9 heteroatoms. The quantitative estimate of drug-likeness (QED) is 0.709. The van der Waals surface area contributed by atoms with Gasteiger partial charge in [-0.25, -0.2) is 0 Å². The topological polar surface area (TPSA) is 71.6 Å². The third-order valence-corrected chi connectivity index (χ3v) is 4.61. The van der Waals surface area contributed by atoms with E-state index in [1.165, 1.54) is 0 Å². The molecule has 0 spiro atoms. The van der Waals surface area contributed by atoms with Crippen LogP contribution in [-0.4, -0.2) is 61.4 Å². The van der Waals surface area contributed by atoms with Crippen molar-refractivity contribution in [3.05, 3.63) is 41.3 Å². The van der Waals surface area contributed by atoms with Gasteiger partial charge in [-0.15, -0.1) is 10.2 Å². The summed E-state index contributed by atoms with van der Waals surface area (Å²) in [4.78, 5) is 16.5. The van der Waals surface area contributed by atoms with Crippen LogP contribution in [0.1, 0.15) is 17.4 Å². The molecule has 25 heavy (non-hydrogen) atoms. The van der Waals surface area contributed by atoms with Crippen molar-refractivity contribution in [3.63, 3.8) is 0 Å². The van der Waals surface area contributed by atoms with Gasteiger partial charge in [0.2, 0.25) is 5.95 Å². The van der Waals surface area contributed by atoms with Crippen LogP contribution in [0.15, 0.2) is 30.6 Å². The summed E-state index contributed by atoms with van der Waals surface area (Å²) in [7, 11) is 0. The molecule has 0 bridgehead atoms. The Bertz CT molecular complexity index is 910. The van der Waals surface area contributed by atoms with Crippen molar-refractivity contribution in [1.29, 1.82) is 0 Å². The number of halogens is 1. The van der Waals surface area contributed by atoms with Crippen molar-refractivity contribution >= 4 is 29.1 Å². The van der Waals surface area contributed by atoms with Crippen LogP contribution in [-0.2, 0) is 6.54 Å². The van der Waals surface area contributed by atoms with Crippen LogP contribution in [0.4, 0.5) is 5.95 Å². The summed E-state index contributed by atoms with van der Waals surface area (Å²) in [6.45, 7) is 5.36. The number of anilines is 1. The average Bonchev–Trinajstić information content (AvgIpc) is 3.28. The summed E-state index contributed by atoms with van der Waals surface area (Å²) < 4.78 is 3.64. The molecule has 0 unspecified atom stereocenters. The van der Waals surface area contributed by atoms with Crippen molar-refractivity contribution in [1.82, 2.24) is 29.3 Å². The lowest BCUT2D eigenvalue weighted by Gasteiger charge is -2.34. The molecule has 3 aromatic rings. The van der Waals surface area contributed by atoms with Crippen molar-refractivity contribution < 1.29 is 4.79 Å². The minimum atomic E-state index is -0.0269. The Balaban J connectivity index is 1.47. The van der Waals surface area contributed by atoms with E-state index in [2.05, 4.69) is 20.2 Å². The molecule has 0 aromatic carbocycles. The second-order valence-electron chi connectivity index (χ2n) is 5.91. The molecule has 3 aromatic heterocycles. The fourth-order valence-corrected chi connectivity index (χ4v) is 3.15. The lowest BCUT2D eigenvalue weighted by atomic mass is 10.3. The Morgan fingerprint density at radius 2 is 1.96 bits per heavy atom. The van der Waals surface area contributed by atoms with Gasteiger partial charge < -0.3 is 9.80 Å². The summed E-state index contributed by atoms with van der Waals surface area (Å²) in [5.74, 6) is 0.723. The largest absolute Gasteiger partial charge is 0.337 e. The van der Waals surface area contributed by atoms with Gasteiger partial charge in [0.15, 0.2) is 5.65 Å². The molecule has 0 saturated carbocycles.